The van der Waals surface area contributed by atoms with Gasteiger partial charge in [0, 0.05) is 17.1 Å². The molecule has 0 saturated carbocycles. The van der Waals surface area contributed by atoms with Gasteiger partial charge in [0.15, 0.2) is 0 Å². The van der Waals surface area contributed by atoms with Crippen LogP contribution in [0.25, 0.3) is 0 Å². The van der Waals surface area contributed by atoms with Crippen LogP contribution in [0.1, 0.15) is 37.7 Å². The van der Waals surface area contributed by atoms with E-state index in [2.05, 4.69) is 6.08 Å². The van der Waals surface area contributed by atoms with Gasteiger partial charge in [0.2, 0.25) is 0 Å². The lowest BCUT2D eigenvalue weighted by molar-refractivity contribution is -0.143. The van der Waals surface area contributed by atoms with Gasteiger partial charge in [-0.25, -0.2) is 9.18 Å². The zero-order valence-electron chi connectivity index (χ0n) is 13.6. The molecule has 25 heavy (non-hydrogen) atoms. The second kappa shape index (κ2) is 7.35. The monoisotopic (exact) mass is 364 g/mol. The van der Waals surface area contributed by atoms with E-state index in [-0.39, 0.29) is 23.7 Å². The van der Waals surface area contributed by atoms with E-state index in [1.807, 2.05) is 0 Å². The normalized spacial score (nSPS) is 18.2. The van der Waals surface area contributed by atoms with Crippen LogP contribution < -0.4 is 0 Å². The predicted octanol–water partition coefficient (Wildman–Crippen LogP) is 3.66. The molecule has 1 aromatic rings. The summed E-state index contributed by atoms with van der Waals surface area (Å²) in [5, 5.41) is 0.110. The predicted molar refractivity (Wildman–Crippen MR) is 90.2 cm³/mol. The standard InChI is InChI=1S/C18H18ClFN2O3/c19-14-7-4-8-15(20)13(14)11-22-17(24)16(23)21(18(22)25)10-9-12-5-2-1-3-6-12/h4-5,7-8H,1-3,6,9-11H2. The first kappa shape index (κ1) is 17.6. The first-order chi connectivity index (χ1) is 12.0. The van der Waals surface area contributed by atoms with Crippen molar-refractivity contribution in [3.05, 3.63) is 46.3 Å². The summed E-state index contributed by atoms with van der Waals surface area (Å²) in [6.45, 7) is -0.190. The molecule has 0 radical (unpaired) electrons. The average Bonchev–Trinajstić information content (AvgIpc) is 2.80. The second-order valence-corrected chi connectivity index (χ2v) is 6.60. The topological polar surface area (TPSA) is 57.7 Å². The summed E-state index contributed by atoms with van der Waals surface area (Å²) in [5.74, 6) is -2.43. The first-order valence-corrected chi connectivity index (χ1v) is 8.65. The van der Waals surface area contributed by atoms with Crippen LogP contribution in [-0.2, 0) is 16.1 Å². The van der Waals surface area contributed by atoms with Gasteiger partial charge in [-0.2, -0.15) is 0 Å². The molecule has 0 atom stereocenters. The lowest BCUT2D eigenvalue weighted by Gasteiger charge is -2.18. The maximum Gasteiger partial charge on any atom is 0.334 e. The molecule has 0 aromatic heterocycles. The van der Waals surface area contributed by atoms with E-state index in [9.17, 15) is 18.8 Å². The molecule has 7 heteroatoms. The Balaban J connectivity index is 1.72. The number of carbonyl (C=O) groups excluding carboxylic acids is 3. The number of imide groups is 2. The number of nitrogens with zero attached hydrogens (tertiary/aromatic N) is 2. The summed E-state index contributed by atoms with van der Waals surface area (Å²) in [6, 6.07) is 3.39. The van der Waals surface area contributed by atoms with Crippen LogP contribution in [0.2, 0.25) is 5.02 Å². The fourth-order valence-corrected chi connectivity index (χ4v) is 3.34. The number of hydrogen-bond donors (Lipinski definition) is 0. The highest BCUT2D eigenvalue weighted by Gasteiger charge is 2.44. The van der Waals surface area contributed by atoms with Crippen molar-refractivity contribution >= 4 is 29.4 Å². The number of hydrogen-bond acceptors (Lipinski definition) is 3. The van der Waals surface area contributed by atoms with E-state index in [4.69, 9.17) is 11.6 Å². The van der Waals surface area contributed by atoms with Gasteiger partial charge < -0.3 is 0 Å². The maximum absolute atomic E-state index is 13.9. The van der Waals surface area contributed by atoms with E-state index >= 15 is 0 Å². The Kier molecular flexibility index (Phi) is 5.18. The molecule has 0 N–H and O–H groups in total. The summed E-state index contributed by atoms with van der Waals surface area (Å²) >= 11 is 5.94. The molecule has 3 rings (SSSR count). The van der Waals surface area contributed by atoms with E-state index in [0.717, 1.165) is 35.5 Å². The van der Waals surface area contributed by atoms with Crippen molar-refractivity contribution < 1.29 is 18.8 Å². The maximum atomic E-state index is 13.9. The molecular weight excluding hydrogens is 347 g/mol. The number of urea groups is 1. The highest BCUT2D eigenvalue weighted by molar-refractivity contribution is 6.44. The largest absolute Gasteiger partial charge is 0.334 e. The Labute approximate surface area is 150 Å². The van der Waals surface area contributed by atoms with Gasteiger partial charge in [-0.05, 0) is 44.2 Å². The second-order valence-electron chi connectivity index (χ2n) is 6.19. The van der Waals surface area contributed by atoms with Crippen LogP contribution in [0.5, 0.6) is 0 Å². The van der Waals surface area contributed by atoms with E-state index in [1.54, 1.807) is 0 Å². The number of allylic oxidation sites excluding steroid dienone is 1. The van der Waals surface area contributed by atoms with Crippen molar-refractivity contribution in [3.8, 4) is 0 Å². The molecule has 1 heterocycles. The third-order valence-corrected chi connectivity index (χ3v) is 4.91. The van der Waals surface area contributed by atoms with Crippen LogP contribution in [0.4, 0.5) is 9.18 Å². The van der Waals surface area contributed by atoms with Crippen LogP contribution in [0.3, 0.4) is 0 Å². The Morgan fingerprint density at radius 3 is 2.52 bits per heavy atom. The average molecular weight is 365 g/mol. The molecule has 2 aliphatic rings. The quantitative estimate of drug-likeness (QED) is 0.455. The molecule has 1 aliphatic carbocycles. The zero-order chi connectivity index (χ0) is 18.0. The minimum Gasteiger partial charge on any atom is -0.263 e. The molecule has 5 nitrogen and oxygen atoms in total. The molecule has 132 valence electrons. The van der Waals surface area contributed by atoms with Crippen molar-refractivity contribution in [2.45, 2.75) is 38.6 Å². The minimum absolute atomic E-state index is 0.0236. The summed E-state index contributed by atoms with van der Waals surface area (Å²) in [7, 11) is 0. The highest BCUT2D eigenvalue weighted by atomic mass is 35.5. The Morgan fingerprint density at radius 2 is 1.84 bits per heavy atom. The van der Waals surface area contributed by atoms with Crippen LogP contribution in [-0.4, -0.2) is 34.2 Å². The van der Waals surface area contributed by atoms with Crippen molar-refractivity contribution in [2.75, 3.05) is 6.54 Å². The molecule has 0 unspecified atom stereocenters. The van der Waals surface area contributed by atoms with Crippen LogP contribution in [0, 0.1) is 5.82 Å². The molecule has 1 saturated heterocycles. The lowest BCUT2D eigenvalue weighted by atomic mass is 9.97. The van der Waals surface area contributed by atoms with E-state index < -0.39 is 23.7 Å². The van der Waals surface area contributed by atoms with Gasteiger partial charge in [0.05, 0.1) is 6.54 Å². The number of carbonyl (C=O) groups is 3. The third kappa shape index (κ3) is 3.58. The van der Waals surface area contributed by atoms with Crippen molar-refractivity contribution in [1.29, 1.82) is 0 Å². The fourth-order valence-electron chi connectivity index (χ4n) is 3.12. The summed E-state index contributed by atoms with van der Waals surface area (Å²) < 4.78 is 13.9. The first-order valence-electron chi connectivity index (χ1n) is 8.27. The molecule has 1 fully saturated rings. The third-order valence-electron chi connectivity index (χ3n) is 4.55. The number of benzene rings is 1. The van der Waals surface area contributed by atoms with Gasteiger partial charge in [-0.3, -0.25) is 19.4 Å². The molecular formula is C18H18ClFN2O3. The smallest absolute Gasteiger partial charge is 0.263 e. The number of rotatable bonds is 5. The zero-order valence-corrected chi connectivity index (χ0v) is 14.4. The van der Waals surface area contributed by atoms with Crippen molar-refractivity contribution in [2.24, 2.45) is 0 Å². The SMILES string of the molecule is O=C1C(=O)N(Cc2c(F)cccc2Cl)C(=O)N1CCC1=CCCCC1. The van der Waals surface area contributed by atoms with Gasteiger partial charge >= 0.3 is 17.8 Å². The lowest BCUT2D eigenvalue weighted by Crippen LogP contribution is -2.34. The van der Waals surface area contributed by atoms with E-state index in [0.29, 0.717) is 6.42 Å². The number of amides is 4. The number of halogens is 2. The Hall–Kier alpha value is -2.21. The molecule has 4 amide bonds. The summed E-state index contributed by atoms with van der Waals surface area (Å²) in [4.78, 5) is 38.4. The highest BCUT2D eigenvalue weighted by Crippen LogP contribution is 2.25. The van der Waals surface area contributed by atoms with Gasteiger partial charge in [-0.15, -0.1) is 0 Å². The molecule has 1 aliphatic heterocycles. The summed E-state index contributed by atoms with van der Waals surface area (Å²) in [6.07, 6.45) is 6.92. The van der Waals surface area contributed by atoms with Gasteiger partial charge in [-0.1, -0.05) is 29.3 Å². The van der Waals surface area contributed by atoms with Crippen molar-refractivity contribution in [3.63, 3.8) is 0 Å². The minimum atomic E-state index is -0.943. The van der Waals surface area contributed by atoms with E-state index in [1.165, 1.54) is 23.8 Å². The van der Waals surface area contributed by atoms with Gasteiger partial charge in [0.25, 0.3) is 0 Å². The molecule has 1 aromatic carbocycles. The summed E-state index contributed by atoms with van der Waals surface area (Å²) in [5.41, 5.74) is 1.23. The Morgan fingerprint density at radius 1 is 1.08 bits per heavy atom. The Bertz CT molecular complexity index is 742. The fraction of sp³-hybridized carbons (Fsp3) is 0.389. The van der Waals surface area contributed by atoms with Crippen LogP contribution >= 0.6 is 11.6 Å². The molecule has 0 spiro atoms. The van der Waals surface area contributed by atoms with Gasteiger partial charge in [0.1, 0.15) is 5.82 Å². The molecule has 0 bridgehead atoms. The van der Waals surface area contributed by atoms with Crippen LogP contribution in [0.15, 0.2) is 29.8 Å². The van der Waals surface area contributed by atoms with Crippen molar-refractivity contribution in [1.82, 2.24) is 9.80 Å².